The molecule has 5 aromatic rings. The Hall–Kier alpha value is -4.72. The number of benzene rings is 4. The van der Waals surface area contributed by atoms with Crippen LogP contribution in [0.4, 0.5) is 0 Å². The first-order valence-electron chi connectivity index (χ1n) is 15.2. The van der Waals surface area contributed by atoms with Crippen molar-refractivity contribution in [3.8, 4) is 11.5 Å². The Morgan fingerprint density at radius 3 is 2.27 bits per heavy atom. The van der Waals surface area contributed by atoms with Crippen molar-refractivity contribution in [1.29, 1.82) is 0 Å². The molecule has 2 N–H and O–H groups in total. The molecule has 1 saturated heterocycles. The Bertz CT molecular complexity index is 1620. The highest BCUT2D eigenvalue weighted by molar-refractivity contribution is 6.06. The van der Waals surface area contributed by atoms with Gasteiger partial charge in [0, 0.05) is 49.5 Å². The highest BCUT2D eigenvalue weighted by Gasteiger charge is 2.25. The number of hydrogen-bond donors (Lipinski definition) is 2. The van der Waals surface area contributed by atoms with Crippen LogP contribution in [0.25, 0.3) is 10.8 Å². The van der Waals surface area contributed by atoms with Crippen LogP contribution in [0, 0.1) is 0 Å². The van der Waals surface area contributed by atoms with Gasteiger partial charge in [0.25, 0.3) is 5.91 Å². The number of phenolic OH excluding ortho intramolecular Hbond substituents is 1. The number of phenols is 1. The van der Waals surface area contributed by atoms with Gasteiger partial charge < -0.3 is 24.8 Å². The number of nitrogens with one attached hydrogen (secondary N) is 1. The smallest absolute Gasteiger partial charge is 0.258 e. The first-order valence-corrected chi connectivity index (χ1v) is 15.2. The highest BCUT2D eigenvalue weighted by atomic mass is 16.5. The van der Waals surface area contributed by atoms with E-state index in [0.29, 0.717) is 18.8 Å². The topological polar surface area (TPSA) is 83.9 Å². The second kappa shape index (κ2) is 14.2. The van der Waals surface area contributed by atoms with E-state index in [1.165, 1.54) is 0 Å². The van der Waals surface area contributed by atoms with Gasteiger partial charge in [-0.3, -0.25) is 9.78 Å². The number of piperidine rings is 1. The van der Waals surface area contributed by atoms with Crippen LogP contribution in [0.1, 0.15) is 46.0 Å². The maximum absolute atomic E-state index is 13.4. The van der Waals surface area contributed by atoms with E-state index in [2.05, 4.69) is 63.7 Å². The van der Waals surface area contributed by atoms with Crippen LogP contribution in [0.5, 0.6) is 11.5 Å². The van der Waals surface area contributed by atoms with E-state index in [1.54, 1.807) is 18.5 Å². The molecular weight excluding hydrogens is 550 g/mol. The van der Waals surface area contributed by atoms with Crippen molar-refractivity contribution in [3.05, 3.63) is 138 Å². The first-order chi connectivity index (χ1) is 21.7. The third-order valence-corrected chi connectivity index (χ3v) is 8.10. The van der Waals surface area contributed by atoms with E-state index in [0.717, 1.165) is 53.4 Å². The van der Waals surface area contributed by atoms with Crippen LogP contribution in [0.3, 0.4) is 0 Å². The fraction of sp³-hybridized carbons (Fsp3) is 0.243. The maximum atomic E-state index is 13.4. The number of nitrogens with zero attached hydrogens (tertiary/aromatic N) is 2. The molecule has 0 radical (unpaired) electrons. The number of hydrogen-bond acceptors (Lipinski definition) is 6. The van der Waals surface area contributed by atoms with E-state index < -0.39 is 0 Å². The number of carbonyl (C=O) groups excluding carboxylic acids is 1. The van der Waals surface area contributed by atoms with E-state index in [1.807, 2.05) is 48.5 Å². The second-order valence-electron chi connectivity index (χ2n) is 11.1. The molecule has 6 rings (SSSR count). The van der Waals surface area contributed by atoms with E-state index >= 15 is 0 Å². The molecule has 2 heterocycles. The van der Waals surface area contributed by atoms with Gasteiger partial charge in [0.15, 0.2) is 0 Å². The summed E-state index contributed by atoms with van der Waals surface area (Å²) in [7, 11) is 0. The van der Waals surface area contributed by atoms with Crippen LogP contribution >= 0.6 is 0 Å². The first kappa shape index (κ1) is 29.4. The Morgan fingerprint density at radius 1 is 0.909 bits per heavy atom. The molecule has 1 aliphatic rings. The Kier molecular flexibility index (Phi) is 9.45. The van der Waals surface area contributed by atoms with Crippen LogP contribution in [-0.4, -0.2) is 53.2 Å². The number of rotatable bonds is 11. The standard InChI is InChI=1S/C37H37N3O4/c41-33-24-30-15-7-8-16-32(30)36(43-26-27-10-9-19-38-25-27)34(33)37(42)39-20-23-40-21-17-31(18-22-40)44-35(28-11-3-1-4-12-28)29-13-5-2-6-14-29/h1-16,19,24-25,31,35,41H,17-18,20-23,26H2,(H,39,42). The molecule has 4 aromatic carbocycles. The van der Waals surface area contributed by atoms with Gasteiger partial charge in [0.2, 0.25) is 0 Å². The summed E-state index contributed by atoms with van der Waals surface area (Å²) in [6.07, 6.45) is 5.32. The van der Waals surface area contributed by atoms with Crippen molar-refractivity contribution in [2.75, 3.05) is 26.2 Å². The lowest BCUT2D eigenvalue weighted by Crippen LogP contribution is -2.41. The normalized spacial score (nSPS) is 14.1. The molecule has 1 aliphatic heterocycles. The van der Waals surface area contributed by atoms with Crippen molar-refractivity contribution in [1.82, 2.24) is 15.2 Å². The number of likely N-dealkylation sites (tertiary alicyclic amines) is 1. The van der Waals surface area contributed by atoms with Gasteiger partial charge in [0.1, 0.15) is 29.8 Å². The number of ether oxygens (including phenoxy) is 2. The predicted molar refractivity (Wildman–Crippen MR) is 172 cm³/mol. The lowest BCUT2D eigenvalue weighted by molar-refractivity contribution is -0.0267. The maximum Gasteiger partial charge on any atom is 0.258 e. The molecule has 1 fully saturated rings. The van der Waals surface area contributed by atoms with Gasteiger partial charge in [-0.05, 0) is 41.5 Å². The zero-order chi connectivity index (χ0) is 30.1. The summed E-state index contributed by atoms with van der Waals surface area (Å²) in [6.45, 7) is 3.16. The van der Waals surface area contributed by atoms with E-state index in [-0.39, 0.29) is 36.0 Å². The molecule has 0 aliphatic carbocycles. The van der Waals surface area contributed by atoms with E-state index in [4.69, 9.17) is 9.47 Å². The summed E-state index contributed by atoms with van der Waals surface area (Å²) in [5.41, 5.74) is 3.33. The number of carbonyl (C=O) groups is 1. The molecular formula is C37H37N3O4. The minimum atomic E-state index is -0.360. The van der Waals surface area contributed by atoms with Crippen LogP contribution in [-0.2, 0) is 11.3 Å². The minimum Gasteiger partial charge on any atom is -0.507 e. The summed E-state index contributed by atoms with van der Waals surface area (Å²) < 4.78 is 12.8. The summed E-state index contributed by atoms with van der Waals surface area (Å²) in [4.78, 5) is 19.9. The Balaban J connectivity index is 1.06. The average molecular weight is 588 g/mol. The number of pyridine rings is 1. The largest absolute Gasteiger partial charge is 0.507 e. The second-order valence-corrected chi connectivity index (χ2v) is 11.1. The minimum absolute atomic E-state index is 0.0996. The molecule has 7 heteroatoms. The molecule has 7 nitrogen and oxygen atoms in total. The molecule has 44 heavy (non-hydrogen) atoms. The Labute approximate surface area is 258 Å². The van der Waals surface area contributed by atoms with Crippen molar-refractivity contribution >= 4 is 16.7 Å². The molecule has 0 saturated carbocycles. The third kappa shape index (κ3) is 7.08. The van der Waals surface area contributed by atoms with E-state index in [9.17, 15) is 9.90 Å². The highest BCUT2D eigenvalue weighted by Crippen LogP contribution is 2.37. The fourth-order valence-corrected chi connectivity index (χ4v) is 5.79. The van der Waals surface area contributed by atoms with Crippen LogP contribution < -0.4 is 10.1 Å². The zero-order valence-corrected chi connectivity index (χ0v) is 24.6. The van der Waals surface area contributed by atoms with Gasteiger partial charge in [0.05, 0.1) is 6.10 Å². The van der Waals surface area contributed by atoms with Crippen LogP contribution in [0.2, 0.25) is 0 Å². The summed E-state index contributed by atoms with van der Waals surface area (Å²) in [5, 5.41) is 15.5. The molecule has 1 amide bonds. The zero-order valence-electron chi connectivity index (χ0n) is 24.6. The molecule has 0 bridgehead atoms. The third-order valence-electron chi connectivity index (χ3n) is 8.10. The Morgan fingerprint density at radius 2 is 1.59 bits per heavy atom. The number of fused-ring (bicyclic) bond motifs is 1. The van der Waals surface area contributed by atoms with Crippen molar-refractivity contribution < 1.29 is 19.4 Å². The molecule has 0 spiro atoms. The van der Waals surface area contributed by atoms with Crippen molar-refractivity contribution in [2.24, 2.45) is 0 Å². The van der Waals surface area contributed by atoms with Gasteiger partial charge in [-0.25, -0.2) is 0 Å². The lowest BCUT2D eigenvalue weighted by Gasteiger charge is -2.34. The van der Waals surface area contributed by atoms with Crippen molar-refractivity contribution in [3.63, 3.8) is 0 Å². The number of amides is 1. The SMILES string of the molecule is O=C(NCCN1CCC(OC(c2ccccc2)c2ccccc2)CC1)c1c(O)cc2ccccc2c1OCc1cccnc1. The van der Waals surface area contributed by atoms with Crippen LogP contribution in [0.15, 0.2) is 116 Å². The fourth-order valence-electron chi connectivity index (χ4n) is 5.79. The monoisotopic (exact) mass is 587 g/mol. The summed E-state index contributed by atoms with van der Waals surface area (Å²) in [5.74, 6) is -0.0979. The number of aromatic hydroxyl groups is 1. The lowest BCUT2D eigenvalue weighted by atomic mass is 10.00. The van der Waals surface area contributed by atoms with Gasteiger partial charge >= 0.3 is 0 Å². The average Bonchev–Trinajstić information content (AvgIpc) is 3.07. The summed E-state index contributed by atoms with van der Waals surface area (Å²) in [6, 6.07) is 33.7. The molecule has 1 aromatic heterocycles. The molecule has 0 atom stereocenters. The predicted octanol–water partition coefficient (Wildman–Crippen LogP) is 6.52. The van der Waals surface area contributed by atoms with Gasteiger partial charge in [-0.2, -0.15) is 0 Å². The number of aromatic nitrogens is 1. The molecule has 0 unspecified atom stereocenters. The van der Waals surface area contributed by atoms with Gasteiger partial charge in [-0.15, -0.1) is 0 Å². The summed E-state index contributed by atoms with van der Waals surface area (Å²) >= 11 is 0. The van der Waals surface area contributed by atoms with Crippen molar-refractivity contribution in [2.45, 2.75) is 31.7 Å². The van der Waals surface area contributed by atoms with Gasteiger partial charge in [-0.1, -0.05) is 91.0 Å². The quantitative estimate of drug-likeness (QED) is 0.183. The molecule has 224 valence electrons.